The lowest BCUT2D eigenvalue weighted by Gasteiger charge is -1.92. The van der Waals surface area contributed by atoms with E-state index in [0.717, 1.165) is 6.20 Å². The second-order valence-corrected chi connectivity index (χ2v) is 1.11. The maximum atomic E-state index is 11.4. The molecule has 0 aliphatic heterocycles. The molecular weight excluding hydrogens is 114 g/mol. The first-order valence-corrected chi connectivity index (χ1v) is 1.92. The molecule has 46 valence electrons. The van der Waals surface area contributed by atoms with Crippen molar-refractivity contribution in [2.75, 3.05) is 0 Å². The van der Waals surface area contributed by atoms with E-state index in [-0.39, 0.29) is 0 Å². The largest absolute Gasteiger partial charge is 0.404 e. The van der Waals surface area contributed by atoms with Crippen molar-refractivity contribution in [3.63, 3.8) is 0 Å². The third kappa shape index (κ3) is 1.68. The fraction of sp³-hybridized carbons (Fsp3) is 0.250. The van der Waals surface area contributed by atoms with Crippen molar-refractivity contribution in [2.45, 2.75) is 6.43 Å². The quantitative estimate of drug-likeness (QED) is 0.519. The van der Waals surface area contributed by atoms with Crippen LogP contribution < -0.4 is 5.73 Å². The van der Waals surface area contributed by atoms with Crippen LogP contribution in [0.25, 0.3) is 0 Å². The first-order valence-electron chi connectivity index (χ1n) is 1.92. The molecule has 0 amide bonds. The zero-order valence-corrected chi connectivity index (χ0v) is 4.07. The number of rotatable bonds is 2. The highest BCUT2D eigenvalue weighted by Gasteiger charge is 2.04. The van der Waals surface area contributed by atoms with Crippen LogP contribution in [0.15, 0.2) is 11.8 Å². The van der Waals surface area contributed by atoms with Gasteiger partial charge in [0.1, 0.15) is 0 Å². The average Bonchev–Trinajstić information content (AvgIpc) is 1.69. The van der Waals surface area contributed by atoms with Gasteiger partial charge >= 0.3 is 0 Å². The van der Waals surface area contributed by atoms with Crippen LogP contribution in [0.4, 0.5) is 8.78 Å². The number of alkyl halides is 2. The van der Waals surface area contributed by atoms with Crippen molar-refractivity contribution >= 4 is 6.21 Å². The van der Waals surface area contributed by atoms with Gasteiger partial charge in [-0.15, -0.1) is 0 Å². The predicted octanol–water partition coefficient (Wildman–Crippen LogP) is 0.744. The molecule has 0 bridgehead atoms. The molecule has 0 rings (SSSR count). The number of halogens is 2. The molecule has 4 heteroatoms. The Balaban J connectivity index is 3.91. The van der Waals surface area contributed by atoms with Crippen LogP contribution in [-0.2, 0) is 0 Å². The molecule has 0 spiro atoms. The predicted molar refractivity (Wildman–Crippen MR) is 27.1 cm³/mol. The van der Waals surface area contributed by atoms with E-state index in [2.05, 4.69) is 0 Å². The summed E-state index contributed by atoms with van der Waals surface area (Å²) in [5, 5.41) is 6.34. The van der Waals surface area contributed by atoms with Crippen molar-refractivity contribution in [2.24, 2.45) is 5.73 Å². The van der Waals surface area contributed by atoms with Crippen molar-refractivity contribution in [1.82, 2.24) is 0 Å². The number of nitrogens with two attached hydrogens (primary N) is 1. The molecule has 0 aliphatic rings. The Labute approximate surface area is 45.5 Å². The molecule has 8 heavy (non-hydrogen) atoms. The summed E-state index contributed by atoms with van der Waals surface area (Å²) in [6.07, 6.45) is -1.38. The summed E-state index contributed by atoms with van der Waals surface area (Å²) in [7, 11) is 0. The smallest absolute Gasteiger partial charge is 0.266 e. The van der Waals surface area contributed by atoms with Crippen LogP contribution in [0.5, 0.6) is 0 Å². The van der Waals surface area contributed by atoms with Gasteiger partial charge in [0.25, 0.3) is 6.43 Å². The monoisotopic (exact) mass is 120 g/mol. The van der Waals surface area contributed by atoms with Gasteiger partial charge < -0.3 is 11.1 Å². The van der Waals surface area contributed by atoms with Gasteiger partial charge in [-0.05, 0) is 0 Å². The zero-order chi connectivity index (χ0) is 6.57. The van der Waals surface area contributed by atoms with E-state index in [1.54, 1.807) is 0 Å². The average molecular weight is 120 g/mol. The summed E-state index contributed by atoms with van der Waals surface area (Å²) >= 11 is 0. The number of allylic oxidation sites excluding steroid dienone is 1. The van der Waals surface area contributed by atoms with Crippen molar-refractivity contribution in [3.05, 3.63) is 11.8 Å². The molecule has 0 aromatic carbocycles. The SMILES string of the molecule is N=C/C(=C\N)C(F)F. The maximum Gasteiger partial charge on any atom is 0.266 e. The molecule has 0 saturated heterocycles. The van der Waals surface area contributed by atoms with Crippen molar-refractivity contribution in [3.8, 4) is 0 Å². The summed E-state index contributed by atoms with van der Waals surface area (Å²) in [6.45, 7) is 0. The Morgan fingerprint density at radius 3 is 2.12 bits per heavy atom. The second-order valence-electron chi connectivity index (χ2n) is 1.11. The van der Waals surface area contributed by atoms with Gasteiger partial charge in [-0.3, -0.25) is 0 Å². The Kier molecular flexibility index (Phi) is 2.76. The van der Waals surface area contributed by atoms with Crippen molar-refractivity contribution < 1.29 is 8.78 Å². The van der Waals surface area contributed by atoms with E-state index in [4.69, 9.17) is 11.1 Å². The first kappa shape index (κ1) is 7.07. The maximum absolute atomic E-state index is 11.4. The van der Waals surface area contributed by atoms with Crippen LogP contribution >= 0.6 is 0 Å². The molecule has 3 N–H and O–H groups in total. The lowest BCUT2D eigenvalue weighted by molar-refractivity contribution is 0.197. The van der Waals surface area contributed by atoms with E-state index < -0.39 is 12.0 Å². The molecule has 0 fully saturated rings. The first-order chi connectivity index (χ1) is 3.72. The molecule has 0 saturated carbocycles. The standard InChI is InChI=1S/C4H6F2N2/c5-4(6)3(1-7)2-8/h1-2,4,7H,8H2/b3-2+,7-1?. The highest BCUT2D eigenvalue weighted by molar-refractivity contribution is 5.76. The minimum atomic E-state index is -2.63. The summed E-state index contributed by atoms with van der Waals surface area (Å²) in [5.74, 6) is 0. The van der Waals surface area contributed by atoms with E-state index in [9.17, 15) is 8.78 Å². The molecule has 0 atom stereocenters. The van der Waals surface area contributed by atoms with Crippen LogP contribution in [0.3, 0.4) is 0 Å². The molecule has 0 aromatic rings. The van der Waals surface area contributed by atoms with Gasteiger partial charge in [-0.1, -0.05) is 0 Å². The molecule has 0 radical (unpaired) electrons. The third-order valence-corrected chi connectivity index (χ3v) is 0.611. The number of hydrogen-bond acceptors (Lipinski definition) is 2. The Morgan fingerprint density at radius 2 is 2.12 bits per heavy atom. The summed E-state index contributed by atoms with van der Waals surface area (Å²) in [5.41, 5.74) is 4.24. The fourth-order valence-electron chi connectivity index (χ4n) is 0.184. The van der Waals surface area contributed by atoms with Gasteiger partial charge in [-0.25, -0.2) is 8.78 Å². The normalized spacial score (nSPS) is 12.1. The summed E-state index contributed by atoms with van der Waals surface area (Å²) in [6, 6.07) is 0. The molecule has 0 unspecified atom stereocenters. The van der Waals surface area contributed by atoms with E-state index in [1.807, 2.05) is 0 Å². The van der Waals surface area contributed by atoms with E-state index in [0.29, 0.717) is 6.21 Å². The molecule has 0 aromatic heterocycles. The molecule has 2 nitrogen and oxygen atoms in total. The lowest BCUT2D eigenvalue weighted by atomic mass is 10.3. The second kappa shape index (κ2) is 3.12. The molecule has 0 heterocycles. The zero-order valence-electron chi connectivity index (χ0n) is 4.07. The summed E-state index contributed by atoms with van der Waals surface area (Å²) < 4.78 is 22.8. The van der Waals surface area contributed by atoms with Crippen molar-refractivity contribution in [1.29, 1.82) is 5.41 Å². The van der Waals surface area contributed by atoms with Gasteiger partial charge in [0.15, 0.2) is 0 Å². The van der Waals surface area contributed by atoms with E-state index >= 15 is 0 Å². The van der Waals surface area contributed by atoms with Crippen LogP contribution in [0.1, 0.15) is 0 Å². The highest BCUT2D eigenvalue weighted by Crippen LogP contribution is 2.02. The minimum Gasteiger partial charge on any atom is -0.404 e. The highest BCUT2D eigenvalue weighted by atomic mass is 19.3. The molecular formula is C4H6F2N2. The third-order valence-electron chi connectivity index (χ3n) is 0.611. The Hall–Kier alpha value is -0.930. The Bertz CT molecular complexity index is 109. The topological polar surface area (TPSA) is 49.9 Å². The van der Waals surface area contributed by atoms with E-state index in [1.165, 1.54) is 0 Å². The minimum absolute atomic E-state index is 0.454. The molecule has 0 aliphatic carbocycles. The van der Waals surface area contributed by atoms with Gasteiger partial charge in [0.05, 0.1) is 5.57 Å². The van der Waals surface area contributed by atoms with Gasteiger partial charge in [-0.2, -0.15) is 0 Å². The van der Waals surface area contributed by atoms with Gasteiger partial charge in [0, 0.05) is 12.4 Å². The van der Waals surface area contributed by atoms with Crippen LogP contribution in [0, 0.1) is 5.41 Å². The van der Waals surface area contributed by atoms with Crippen LogP contribution in [0.2, 0.25) is 0 Å². The van der Waals surface area contributed by atoms with Crippen LogP contribution in [-0.4, -0.2) is 12.6 Å². The summed E-state index contributed by atoms with van der Waals surface area (Å²) in [4.78, 5) is 0. The number of hydrogen-bond donors (Lipinski definition) is 2. The van der Waals surface area contributed by atoms with Gasteiger partial charge in [0.2, 0.25) is 0 Å². The fourth-order valence-corrected chi connectivity index (χ4v) is 0.184. The number of nitrogens with one attached hydrogen (secondary N) is 1. The lowest BCUT2D eigenvalue weighted by Crippen LogP contribution is -2.00. The Morgan fingerprint density at radius 1 is 1.62 bits per heavy atom.